The molecule has 2 amide bonds. The van der Waals surface area contributed by atoms with E-state index in [1.165, 1.54) is 4.90 Å². The summed E-state index contributed by atoms with van der Waals surface area (Å²) in [6.45, 7) is 0.421. The van der Waals surface area contributed by atoms with E-state index in [0.29, 0.717) is 31.4 Å². The van der Waals surface area contributed by atoms with Crippen LogP contribution in [0.1, 0.15) is 41.6 Å². The molecule has 1 aliphatic heterocycles. The van der Waals surface area contributed by atoms with Crippen molar-refractivity contribution in [1.29, 1.82) is 0 Å². The number of hydrogen-bond donors (Lipinski definition) is 3. The van der Waals surface area contributed by atoms with Crippen molar-refractivity contribution in [2.45, 2.75) is 50.3 Å². The Morgan fingerprint density at radius 1 is 1.03 bits per heavy atom. The van der Waals surface area contributed by atoms with Gasteiger partial charge in [0.05, 0.1) is 12.1 Å². The Balaban J connectivity index is 1.65. The molecule has 164 valence electrons. The van der Waals surface area contributed by atoms with Gasteiger partial charge in [0.15, 0.2) is 0 Å². The fourth-order valence-electron chi connectivity index (χ4n) is 3.93. The largest absolute Gasteiger partial charge is 0.480 e. The van der Waals surface area contributed by atoms with Gasteiger partial charge in [-0.2, -0.15) is 0 Å². The number of benzene rings is 2. The molecule has 0 saturated carbocycles. The zero-order valence-electron chi connectivity index (χ0n) is 17.3. The predicted molar refractivity (Wildman–Crippen MR) is 115 cm³/mol. The number of aliphatic hydroxyl groups is 1. The first-order valence-corrected chi connectivity index (χ1v) is 10.6. The number of likely N-dealkylation sites (tertiary alicyclic amines) is 1. The van der Waals surface area contributed by atoms with Crippen LogP contribution in [-0.2, 0) is 16.0 Å². The minimum atomic E-state index is -0.997. The SMILES string of the molecule is O=C(NC(Cc1ccccc1)C(O)CCC(=O)N1CCC[C@H]1C(=O)O)c1ccccc1. The molecule has 1 fully saturated rings. The van der Waals surface area contributed by atoms with Crippen LogP contribution in [0.3, 0.4) is 0 Å². The second-order valence-electron chi connectivity index (χ2n) is 7.83. The number of amides is 2. The zero-order chi connectivity index (χ0) is 22.2. The van der Waals surface area contributed by atoms with Gasteiger partial charge in [0.2, 0.25) is 5.91 Å². The molecular weight excluding hydrogens is 396 g/mol. The average Bonchev–Trinajstić information content (AvgIpc) is 3.28. The van der Waals surface area contributed by atoms with E-state index < -0.39 is 24.2 Å². The minimum absolute atomic E-state index is 0.0252. The molecule has 31 heavy (non-hydrogen) atoms. The summed E-state index contributed by atoms with van der Waals surface area (Å²) in [4.78, 5) is 37.9. The normalized spacial score (nSPS) is 17.7. The Hall–Kier alpha value is -3.19. The minimum Gasteiger partial charge on any atom is -0.480 e. The Bertz CT molecular complexity index is 887. The summed E-state index contributed by atoms with van der Waals surface area (Å²) in [5.41, 5.74) is 1.45. The molecule has 1 heterocycles. The van der Waals surface area contributed by atoms with E-state index in [0.717, 1.165) is 5.56 Å². The molecule has 0 radical (unpaired) electrons. The highest BCUT2D eigenvalue weighted by Crippen LogP contribution is 2.20. The van der Waals surface area contributed by atoms with Crippen LogP contribution < -0.4 is 5.32 Å². The van der Waals surface area contributed by atoms with Crippen molar-refractivity contribution in [3.05, 3.63) is 71.8 Å². The van der Waals surface area contributed by atoms with E-state index in [-0.39, 0.29) is 24.7 Å². The molecule has 2 unspecified atom stereocenters. The lowest BCUT2D eigenvalue weighted by atomic mass is 9.97. The van der Waals surface area contributed by atoms with Crippen molar-refractivity contribution < 1.29 is 24.6 Å². The highest BCUT2D eigenvalue weighted by molar-refractivity contribution is 5.94. The standard InChI is InChI=1S/C24H28N2O5/c27-21(13-14-22(28)26-15-7-12-20(26)24(30)31)19(16-17-8-3-1-4-9-17)25-23(29)18-10-5-2-6-11-18/h1-6,8-11,19-21,27H,7,12-16H2,(H,25,29)(H,30,31)/t19?,20-,21?/m0/s1. The summed E-state index contributed by atoms with van der Waals surface area (Å²) in [7, 11) is 0. The Labute approximate surface area is 181 Å². The van der Waals surface area contributed by atoms with Crippen LogP contribution >= 0.6 is 0 Å². The van der Waals surface area contributed by atoms with Gasteiger partial charge < -0.3 is 20.4 Å². The summed E-state index contributed by atoms with van der Waals surface area (Å²) >= 11 is 0. The molecule has 1 aliphatic rings. The van der Waals surface area contributed by atoms with E-state index >= 15 is 0 Å². The molecular formula is C24H28N2O5. The first-order valence-electron chi connectivity index (χ1n) is 10.6. The first kappa shape index (κ1) is 22.5. The molecule has 7 heteroatoms. The monoisotopic (exact) mass is 424 g/mol. The quantitative estimate of drug-likeness (QED) is 0.572. The number of nitrogens with zero attached hydrogens (tertiary/aromatic N) is 1. The number of aliphatic hydroxyl groups excluding tert-OH is 1. The van der Waals surface area contributed by atoms with Gasteiger partial charge in [0.25, 0.3) is 5.91 Å². The zero-order valence-corrected chi connectivity index (χ0v) is 17.3. The molecule has 0 bridgehead atoms. The van der Waals surface area contributed by atoms with Crippen molar-refractivity contribution >= 4 is 17.8 Å². The van der Waals surface area contributed by atoms with Gasteiger partial charge in [0, 0.05) is 18.5 Å². The predicted octanol–water partition coefficient (Wildman–Crippen LogP) is 2.24. The first-order chi connectivity index (χ1) is 15.0. The van der Waals surface area contributed by atoms with E-state index in [4.69, 9.17) is 0 Å². The lowest BCUT2D eigenvalue weighted by molar-refractivity contribution is -0.148. The van der Waals surface area contributed by atoms with E-state index in [1.807, 2.05) is 36.4 Å². The van der Waals surface area contributed by atoms with Crippen LogP contribution in [0.4, 0.5) is 0 Å². The van der Waals surface area contributed by atoms with E-state index in [2.05, 4.69) is 5.32 Å². The smallest absolute Gasteiger partial charge is 0.326 e. The number of carboxylic acid groups (broad SMARTS) is 1. The van der Waals surface area contributed by atoms with Crippen LogP contribution in [0.25, 0.3) is 0 Å². The molecule has 7 nitrogen and oxygen atoms in total. The van der Waals surface area contributed by atoms with Gasteiger partial charge in [-0.3, -0.25) is 9.59 Å². The van der Waals surface area contributed by atoms with Crippen molar-refractivity contribution in [2.24, 2.45) is 0 Å². The van der Waals surface area contributed by atoms with Crippen LogP contribution in [0.15, 0.2) is 60.7 Å². The molecule has 0 aliphatic carbocycles. The molecule has 2 aromatic carbocycles. The van der Waals surface area contributed by atoms with Gasteiger partial charge in [-0.1, -0.05) is 48.5 Å². The maximum Gasteiger partial charge on any atom is 0.326 e. The summed E-state index contributed by atoms with van der Waals surface area (Å²) in [5.74, 6) is -1.57. The van der Waals surface area contributed by atoms with E-state index in [1.54, 1.807) is 24.3 Å². The molecule has 3 atom stereocenters. The molecule has 2 aromatic rings. The topological polar surface area (TPSA) is 107 Å². The number of nitrogens with one attached hydrogen (secondary N) is 1. The summed E-state index contributed by atoms with van der Waals surface area (Å²) in [6.07, 6.45) is 0.729. The third-order valence-electron chi connectivity index (χ3n) is 5.63. The second kappa shape index (κ2) is 10.7. The van der Waals surface area contributed by atoms with Gasteiger partial charge in [-0.15, -0.1) is 0 Å². The number of carbonyl (C=O) groups is 3. The second-order valence-corrected chi connectivity index (χ2v) is 7.83. The maximum absolute atomic E-state index is 12.7. The molecule has 0 aromatic heterocycles. The van der Waals surface area contributed by atoms with Crippen LogP contribution in [0.5, 0.6) is 0 Å². The third kappa shape index (κ3) is 6.15. The van der Waals surface area contributed by atoms with Gasteiger partial charge in [0.1, 0.15) is 6.04 Å². The van der Waals surface area contributed by atoms with Gasteiger partial charge in [-0.05, 0) is 43.4 Å². The lowest BCUT2D eigenvalue weighted by Gasteiger charge is -2.26. The fraction of sp³-hybridized carbons (Fsp3) is 0.375. The van der Waals surface area contributed by atoms with E-state index in [9.17, 15) is 24.6 Å². The number of aliphatic carboxylic acids is 1. The van der Waals surface area contributed by atoms with Gasteiger partial charge >= 0.3 is 5.97 Å². The molecule has 1 saturated heterocycles. The Morgan fingerprint density at radius 3 is 2.32 bits per heavy atom. The lowest BCUT2D eigenvalue weighted by Crippen LogP contribution is -2.46. The number of carboxylic acids is 1. The van der Waals surface area contributed by atoms with Crippen molar-refractivity contribution in [2.75, 3.05) is 6.54 Å². The third-order valence-corrected chi connectivity index (χ3v) is 5.63. The summed E-state index contributed by atoms with van der Waals surface area (Å²) < 4.78 is 0. The van der Waals surface area contributed by atoms with Crippen molar-refractivity contribution in [3.63, 3.8) is 0 Å². The van der Waals surface area contributed by atoms with Crippen LogP contribution in [0.2, 0.25) is 0 Å². The van der Waals surface area contributed by atoms with Crippen LogP contribution in [-0.4, -0.2) is 57.6 Å². The average molecular weight is 424 g/mol. The number of carbonyl (C=O) groups excluding carboxylic acids is 2. The van der Waals surface area contributed by atoms with Gasteiger partial charge in [-0.25, -0.2) is 4.79 Å². The maximum atomic E-state index is 12.7. The highest BCUT2D eigenvalue weighted by Gasteiger charge is 2.34. The molecule has 0 spiro atoms. The molecule has 3 N–H and O–H groups in total. The number of hydrogen-bond acceptors (Lipinski definition) is 4. The Morgan fingerprint density at radius 2 is 1.68 bits per heavy atom. The van der Waals surface area contributed by atoms with Crippen LogP contribution in [0, 0.1) is 0 Å². The number of rotatable bonds is 9. The summed E-state index contributed by atoms with van der Waals surface area (Å²) in [6, 6.07) is 16.9. The highest BCUT2D eigenvalue weighted by atomic mass is 16.4. The fourth-order valence-corrected chi connectivity index (χ4v) is 3.93. The molecule has 3 rings (SSSR count). The summed E-state index contributed by atoms with van der Waals surface area (Å²) in [5, 5.41) is 23.0. The van der Waals surface area contributed by atoms with Crippen molar-refractivity contribution in [3.8, 4) is 0 Å². The Kier molecular flexibility index (Phi) is 7.78. The van der Waals surface area contributed by atoms with Crippen molar-refractivity contribution in [1.82, 2.24) is 10.2 Å².